The van der Waals surface area contributed by atoms with Gasteiger partial charge in [0.25, 0.3) is 0 Å². The lowest BCUT2D eigenvalue weighted by molar-refractivity contribution is 0.337. The van der Waals surface area contributed by atoms with Crippen molar-refractivity contribution in [2.75, 3.05) is 20.1 Å². The molecule has 20 heavy (non-hydrogen) atoms. The number of nitrogens with two attached hydrogens (primary N) is 1. The van der Waals surface area contributed by atoms with Crippen LogP contribution >= 0.6 is 0 Å². The third kappa shape index (κ3) is 2.37. The van der Waals surface area contributed by atoms with E-state index in [-0.39, 0.29) is 0 Å². The zero-order chi connectivity index (χ0) is 13.9. The average molecular weight is 269 g/mol. The highest BCUT2D eigenvalue weighted by Gasteiger charge is 2.16. The summed E-state index contributed by atoms with van der Waals surface area (Å²) in [6.07, 6.45) is 3.85. The van der Waals surface area contributed by atoms with Gasteiger partial charge in [0.1, 0.15) is 0 Å². The van der Waals surface area contributed by atoms with Gasteiger partial charge in [0.05, 0.1) is 18.4 Å². The predicted octanol–water partition coefficient (Wildman–Crippen LogP) is 1.40. The van der Waals surface area contributed by atoms with Crippen LogP contribution in [0.2, 0.25) is 0 Å². The summed E-state index contributed by atoms with van der Waals surface area (Å²) in [5.74, 6) is 0. The molecule has 0 spiro atoms. The molecule has 3 rings (SSSR count). The molecule has 1 aliphatic heterocycles. The largest absolute Gasteiger partial charge is 0.329 e. The lowest BCUT2D eigenvalue weighted by Crippen LogP contribution is -2.25. The first-order chi connectivity index (χ1) is 9.79. The number of nitrogens with one attached hydrogen (secondary N) is 1. The second-order valence-corrected chi connectivity index (χ2v) is 5.14. The van der Waals surface area contributed by atoms with Crippen molar-refractivity contribution in [2.45, 2.75) is 13.1 Å². The van der Waals surface area contributed by atoms with E-state index in [9.17, 15) is 0 Å². The molecule has 0 aliphatic carbocycles. The van der Waals surface area contributed by atoms with Crippen molar-refractivity contribution in [3.05, 3.63) is 41.1 Å². The van der Waals surface area contributed by atoms with E-state index in [1.54, 1.807) is 0 Å². The van der Waals surface area contributed by atoms with Gasteiger partial charge < -0.3 is 10.6 Å². The lowest BCUT2D eigenvalue weighted by Gasteiger charge is -2.15. The molecule has 0 unspecified atom stereocenters. The average Bonchev–Trinajstić information content (AvgIpc) is 3.06. The maximum atomic E-state index is 5.60. The van der Waals surface area contributed by atoms with Crippen LogP contribution in [0, 0.1) is 0 Å². The molecule has 2 heterocycles. The van der Waals surface area contributed by atoms with Crippen molar-refractivity contribution in [3.63, 3.8) is 0 Å². The number of aromatic nitrogens is 2. The van der Waals surface area contributed by atoms with Gasteiger partial charge in [0.15, 0.2) is 0 Å². The van der Waals surface area contributed by atoms with Gasteiger partial charge in [-0.2, -0.15) is 5.10 Å². The van der Waals surface area contributed by atoms with Crippen molar-refractivity contribution in [1.29, 1.82) is 0 Å². The van der Waals surface area contributed by atoms with Crippen LogP contribution in [0.4, 0.5) is 0 Å². The fourth-order valence-electron chi connectivity index (χ4n) is 2.61. The first kappa shape index (κ1) is 13.0. The topological polar surface area (TPSA) is 70.3 Å². The molecule has 3 N–H and O–H groups in total. The van der Waals surface area contributed by atoms with Gasteiger partial charge in [-0.1, -0.05) is 18.2 Å². The Bertz CT molecular complexity index is 629. The molecule has 0 bridgehead atoms. The number of likely N-dealkylation sites (N-methyl/N-ethyl adjacent to an activating group) is 1. The summed E-state index contributed by atoms with van der Waals surface area (Å²) < 4.78 is 0. The number of aliphatic imine (C=N–C) groups is 1. The molecule has 1 aromatic heterocycles. The van der Waals surface area contributed by atoms with E-state index in [1.165, 1.54) is 22.3 Å². The van der Waals surface area contributed by atoms with Gasteiger partial charge in [0.2, 0.25) is 0 Å². The molecule has 0 amide bonds. The Morgan fingerprint density at radius 3 is 3.15 bits per heavy atom. The van der Waals surface area contributed by atoms with Gasteiger partial charge in [-0.3, -0.25) is 10.1 Å². The number of rotatable bonds is 5. The smallest absolute Gasteiger partial charge is 0.0701 e. The normalized spacial score (nSPS) is 13.2. The van der Waals surface area contributed by atoms with Crippen LogP contribution in [0.1, 0.15) is 16.7 Å². The van der Waals surface area contributed by atoms with Crippen LogP contribution in [0.15, 0.2) is 29.4 Å². The minimum absolute atomic E-state index is 0.664. The Labute approximate surface area is 118 Å². The summed E-state index contributed by atoms with van der Waals surface area (Å²) in [5, 5.41) is 7.34. The van der Waals surface area contributed by atoms with E-state index in [1.807, 2.05) is 12.4 Å². The van der Waals surface area contributed by atoms with Gasteiger partial charge >= 0.3 is 0 Å². The molecule has 0 fully saturated rings. The first-order valence-corrected chi connectivity index (χ1v) is 6.82. The molecule has 0 radical (unpaired) electrons. The highest BCUT2D eigenvalue weighted by atomic mass is 15.1. The highest BCUT2D eigenvalue weighted by Crippen LogP contribution is 2.29. The van der Waals surface area contributed by atoms with E-state index >= 15 is 0 Å². The molecule has 0 atom stereocenters. The fourth-order valence-corrected chi connectivity index (χ4v) is 2.61. The van der Waals surface area contributed by atoms with Crippen LogP contribution < -0.4 is 5.73 Å². The zero-order valence-electron chi connectivity index (χ0n) is 11.6. The molecule has 2 aromatic rings. The van der Waals surface area contributed by atoms with Crippen LogP contribution in [0.5, 0.6) is 0 Å². The Balaban J connectivity index is 1.94. The van der Waals surface area contributed by atoms with Gasteiger partial charge in [-0.25, -0.2) is 0 Å². The van der Waals surface area contributed by atoms with E-state index in [2.05, 4.69) is 45.3 Å². The summed E-state index contributed by atoms with van der Waals surface area (Å²) in [5.41, 5.74) is 11.5. The number of fused-ring (bicyclic) bond motifs is 1. The Kier molecular flexibility index (Phi) is 3.62. The van der Waals surface area contributed by atoms with Crippen molar-refractivity contribution < 1.29 is 0 Å². The number of hydrogen-bond donors (Lipinski definition) is 2. The second-order valence-electron chi connectivity index (χ2n) is 5.14. The zero-order valence-corrected chi connectivity index (χ0v) is 11.6. The Hall–Kier alpha value is -1.98. The van der Waals surface area contributed by atoms with E-state index in [0.29, 0.717) is 6.54 Å². The molecule has 0 saturated heterocycles. The lowest BCUT2D eigenvalue weighted by atomic mass is 9.99. The molecule has 0 saturated carbocycles. The summed E-state index contributed by atoms with van der Waals surface area (Å²) >= 11 is 0. The standard InChI is InChI=1S/C15H19N5/c1-20(6-5-16)10-12-8-18-19-15(12)13-4-2-3-11-7-17-9-14(11)13/h2-4,8-9H,5-7,10,16H2,1H3,(H,18,19). The number of aromatic amines is 1. The van der Waals surface area contributed by atoms with Gasteiger partial charge in [-0.15, -0.1) is 0 Å². The molecule has 1 aromatic carbocycles. The molecular weight excluding hydrogens is 250 g/mol. The third-order valence-corrected chi connectivity index (χ3v) is 3.62. The van der Waals surface area contributed by atoms with Crippen molar-refractivity contribution >= 4 is 6.21 Å². The quantitative estimate of drug-likeness (QED) is 0.862. The van der Waals surface area contributed by atoms with Crippen LogP contribution in [0.3, 0.4) is 0 Å². The maximum Gasteiger partial charge on any atom is 0.0701 e. The number of benzene rings is 1. The summed E-state index contributed by atoms with van der Waals surface area (Å²) in [6, 6.07) is 6.33. The number of hydrogen-bond acceptors (Lipinski definition) is 4. The Morgan fingerprint density at radius 2 is 2.30 bits per heavy atom. The number of nitrogens with zero attached hydrogens (tertiary/aromatic N) is 3. The minimum atomic E-state index is 0.664. The monoisotopic (exact) mass is 269 g/mol. The molecule has 104 valence electrons. The van der Waals surface area contributed by atoms with E-state index < -0.39 is 0 Å². The van der Waals surface area contributed by atoms with E-state index in [4.69, 9.17) is 5.73 Å². The van der Waals surface area contributed by atoms with Crippen molar-refractivity contribution in [1.82, 2.24) is 15.1 Å². The van der Waals surface area contributed by atoms with Crippen molar-refractivity contribution in [2.24, 2.45) is 10.7 Å². The van der Waals surface area contributed by atoms with Crippen LogP contribution in [0.25, 0.3) is 11.3 Å². The SMILES string of the molecule is CN(CCN)Cc1cn[nH]c1-c1cccc2c1C=NC2. The summed E-state index contributed by atoms with van der Waals surface area (Å²) in [7, 11) is 2.07. The minimum Gasteiger partial charge on any atom is -0.329 e. The van der Waals surface area contributed by atoms with Crippen LogP contribution in [-0.2, 0) is 13.1 Å². The molecule has 1 aliphatic rings. The predicted molar refractivity (Wildman–Crippen MR) is 80.7 cm³/mol. The Morgan fingerprint density at radius 1 is 1.40 bits per heavy atom. The number of H-pyrrole nitrogens is 1. The fraction of sp³-hybridized carbons (Fsp3) is 0.333. The second kappa shape index (κ2) is 5.56. The van der Waals surface area contributed by atoms with E-state index in [0.717, 1.165) is 25.3 Å². The first-order valence-electron chi connectivity index (χ1n) is 6.82. The van der Waals surface area contributed by atoms with Gasteiger partial charge in [0, 0.05) is 42.5 Å². The van der Waals surface area contributed by atoms with Crippen LogP contribution in [-0.4, -0.2) is 41.4 Å². The summed E-state index contributed by atoms with van der Waals surface area (Å²) in [4.78, 5) is 6.56. The molecule has 5 heteroatoms. The third-order valence-electron chi connectivity index (χ3n) is 3.62. The molecular formula is C15H19N5. The summed E-state index contributed by atoms with van der Waals surface area (Å²) in [6.45, 7) is 3.15. The highest BCUT2D eigenvalue weighted by molar-refractivity contribution is 5.93. The maximum absolute atomic E-state index is 5.60. The van der Waals surface area contributed by atoms with Gasteiger partial charge in [-0.05, 0) is 12.6 Å². The van der Waals surface area contributed by atoms with Crippen molar-refractivity contribution in [3.8, 4) is 11.3 Å². The molecule has 5 nitrogen and oxygen atoms in total.